The summed E-state index contributed by atoms with van der Waals surface area (Å²) >= 11 is 0. The highest BCUT2D eigenvalue weighted by molar-refractivity contribution is 6.20. The van der Waals surface area contributed by atoms with Crippen molar-refractivity contribution in [2.45, 2.75) is 0 Å². The first-order valence-electron chi connectivity index (χ1n) is 6.64. The summed E-state index contributed by atoms with van der Waals surface area (Å²) in [6, 6.07) is 13.6. The maximum absolute atomic E-state index is 12.9. The average Bonchev–Trinajstić information content (AvgIpc) is 2.98. The van der Waals surface area contributed by atoms with Gasteiger partial charge in [-0.25, -0.2) is 9.97 Å². The highest BCUT2D eigenvalue weighted by atomic mass is 16.1. The molecule has 0 fully saturated rings. The number of nitrogens with one attached hydrogen (secondary N) is 1. The Kier molecular flexibility index (Phi) is 2.54. The largest absolute Gasteiger partial charge is 0.345 e. The predicted octanol–water partition coefficient (Wildman–Crippen LogP) is 3.34. The van der Waals surface area contributed by atoms with Gasteiger partial charge in [-0.3, -0.25) is 4.79 Å². The number of hydrogen-bond donors (Lipinski definition) is 1. The number of benzene rings is 2. The van der Waals surface area contributed by atoms with Gasteiger partial charge in [0.05, 0.1) is 5.56 Å². The highest BCUT2D eigenvalue weighted by Crippen LogP contribution is 2.24. The standard InChI is InChI=1S/C17H11N3O/c21-16(14-9-19-17-15(14)8-18-10-20-17)13-7-3-5-11-4-1-2-6-12(11)13/h1-10H,(H,18,19,20). The molecule has 100 valence electrons. The SMILES string of the molecule is O=C(c1cccc2ccccc12)c1c[nH]c2ncncc12. The van der Waals surface area contributed by atoms with Crippen LogP contribution in [0.5, 0.6) is 0 Å². The molecule has 0 aliphatic rings. The Balaban J connectivity index is 1.95. The van der Waals surface area contributed by atoms with Crippen molar-refractivity contribution in [3.63, 3.8) is 0 Å². The van der Waals surface area contributed by atoms with Gasteiger partial charge in [-0.15, -0.1) is 0 Å². The van der Waals surface area contributed by atoms with Crippen molar-refractivity contribution < 1.29 is 4.79 Å². The van der Waals surface area contributed by atoms with Gasteiger partial charge in [0, 0.05) is 23.3 Å². The van der Waals surface area contributed by atoms with Crippen LogP contribution in [0.15, 0.2) is 61.2 Å². The van der Waals surface area contributed by atoms with Crippen LogP contribution in [0.3, 0.4) is 0 Å². The molecule has 2 aromatic heterocycles. The van der Waals surface area contributed by atoms with E-state index in [1.54, 1.807) is 12.4 Å². The minimum absolute atomic E-state index is 0.0205. The second-order valence-corrected chi connectivity index (χ2v) is 4.84. The van der Waals surface area contributed by atoms with Crippen LogP contribution in [0.25, 0.3) is 21.8 Å². The van der Waals surface area contributed by atoms with E-state index in [0.29, 0.717) is 16.8 Å². The molecule has 0 bridgehead atoms. The topological polar surface area (TPSA) is 58.6 Å². The molecule has 0 amide bonds. The van der Waals surface area contributed by atoms with E-state index in [0.717, 1.165) is 16.2 Å². The summed E-state index contributed by atoms with van der Waals surface area (Å²) in [5.41, 5.74) is 1.97. The number of fused-ring (bicyclic) bond motifs is 2. The fraction of sp³-hybridized carbons (Fsp3) is 0. The molecule has 4 heteroatoms. The van der Waals surface area contributed by atoms with Gasteiger partial charge in [0.2, 0.25) is 0 Å². The Labute approximate surface area is 120 Å². The van der Waals surface area contributed by atoms with Crippen LogP contribution in [0.1, 0.15) is 15.9 Å². The van der Waals surface area contributed by atoms with Crippen LogP contribution in [0.2, 0.25) is 0 Å². The molecule has 0 saturated heterocycles. The molecule has 4 nitrogen and oxygen atoms in total. The van der Waals surface area contributed by atoms with Crippen molar-refractivity contribution in [1.29, 1.82) is 0 Å². The van der Waals surface area contributed by atoms with Gasteiger partial charge in [-0.1, -0.05) is 42.5 Å². The monoisotopic (exact) mass is 273 g/mol. The van der Waals surface area contributed by atoms with Crippen LogP contribution in [-0.2, 0) is 0 Å². The number of aromatic nitrogens is 3. The Morgan fingerprint density at radius 3 is 2.76 bits per heavy atom. The summed E-state index contributed by atoms with van der Waals surface area (Å²) < 4.78 is 0. The molecule has 0 unspecified atom stereocenters. The number of H-pyrrole nitrogens is 1. The molecule has 2 aromatic carbocycles. The van der Waals surface area contributed by atoms with Crippen molar-refractivity contribution >= 4 is 27.6 Å². The van der Waals surface area contributed by atoms with E-state index in [4.69, 9.17) is 0 Å². The molecular weight excluding hydrogens is 262 g/mol. The second-order valence-electron chi connectivity index (χ2n) is 4.84. The summed E-state index contributed by atoms with van der Waals surface area (Å²) in [6.45, 7) is 0. The van der Waals surface area contributed by atoms with Gasteiger partial charge >= 0.3 is 0 Å². The predicted molar refractivity (Wildman–Crippen MR) is 81.3 cm³/mol. The first-order chi connectivity index (χ1) is 10.3. The van der Waals surface area contributed by atoms with Crippen molar-refractivity contribution in [3.8, 4) is 0 Å². The zero-order valence-corrected chi connectivity index (χ0v) is 11.1. The highest BCUT2D eigenvalue weighted by Gasteiger charge is 2.16. The average molecular weight is 273 g/mol. The summed E-state index contributed by atoms with van der Waals surface area (Å²) in [4.78, 5) is 24.0. The lowest BCUT2D eigenvalue weighted by molar-refractivity contribution is 0.104. The smallest absolute Gasteiger partial charge is 0.195 e. The van der Waals surface area contributed by atoms with E-state index in [1.807, 2.05) is 42.5 Å². The van der Waals surface area contributed by atoms with Gasteiger partial charge in [-0.2, -0.15) is 0 Å². The lowest BCUT2D eigenvalue weighted by Gasteiger charge is -2.04. The van der Waals surface area contributed by atoms with Crippen LogP contribution in [-0.4, -0.2) is 20.7 Å². The van der Waals surface area contributed by atoms with Gasteiger partial charge in [0.1, 0.15) is 12.0 Å². The summed E-state index contributed by atoms with van der Waals surface area (Å²) in [5.74, 6) is -0.0205. The van der Waals surface area contributed by atoms with Crippen molar-refractivity contribution in [1.82, 2.24) is 15.0 Å². The Morgan fingerprint density at radius 2 is 1.81 bits per heavy atom. The molecule has 0 aliphatic carbocycles. The molecule has 4 aromatic rings. The van der Waals surface area contributed by atoms with E-state index in [1.165, 1.54) is 6.33 Å². The first kappa shape index (κ1) is 11.8. The molecule has 0 saturated carbocycles. The zero-order valence-electron chi connectivity index (χ0n) is 11.1. The van der Waals surface area contributed by atoms with E-state index in [-0.39, 0.29) is 5.78 Å². The van der Waals surface area contributed by atoms with E-state index >= 15 is 0 Å². The third kappa shape index (κ3) is 1.80. The second kappa shape index (κ2) is 4.52. The zero-order chi connectivity index (χ0) is 14.2. The van der Waals surface area contributed by atoms with Crippen molar-refractivity contribution in [2.75, 3.05) is 0 Å². The van der Waals surface area contributed by atoms with Crippen LogP contribution < -0.4 is 0 Å². The minimum atomic E-state index is -0.0205. The third-order valence-electron chi connectivity index (χ3n) is 3.63. The van der Waals surface area contributed by atoms with Gasteiger partial charge < -0.3 is 4.98 Å². The van der Waals surface area contributed by atoms with Crippen LogP contribution in [0.4, 0.5) is 0 Å². The van der Waals surface area contributed by atoms with Gasteiger partial charge in [0.25, 0.3) is 0 Å². The Morgan fingerprint density at radius 1 is 0.952 bits per heavy atom. The molecule has 21 heavy (non-hydrogen) atoms. The van der Waals surface area contributed by atoms with Crippen molar-refractivity contribution in [3.05, 3.63) is 72.3 Å². The maximum Gasteiger partial charge on any atom is 0.195 e. The van der Waals surface area contributed by atoms with E-state index in [9.17, 15) is 4.79 Å². The van der Waals surface area contributed by atoms with Crippen LogP contribution >= 0.6 is 0 Å². The molecule has 0 aliphatic heterocycles. The van der Waals surface area contributed by atoms with E-state index in [2.05, 4.69) is 15.0 Å². The molecule has 0 spiro atoms. The Hall–Kier alpha value is -3.01. The summed E-state index contributed by atoms with van der Waals surface area (Å²) in [5, 5.41) is 2.76. The quantitative estimate of drug-likeness (QED) is 0.570. The number of carbonyl (C=O) groups is 1. The molecule has 2 heterocycles. The number of ketones is 1. The number of nitrogens with zero attached hydrogens (tertiary/aromatic N) is 2. The number of hydrogen-bond acceptors (Lipinski definition) is 3. The molecule has 0 atom stereocenters. The van der Waals surface area contributed by atoms with Crippen LogP contribution in [0, 0.1) is 0 Å². The molecule has 4 rings (SSSR count). The maximum atomic E-state index is 12.9. The fourth-order valence-electron chi connectivity index (χ4n) is 2.62. The molecule has 0 radical (unpaired) electrons. The normalized spacial score (nSPS) is 11.0. The third-order valence-corrected chi connectivity index (χ3v) is 3.63. The van der Waals surface area contributed by atoms with E-state index < -0.39 is 0 Å². The molecular formula is C17H11N3O. The van der Waals surface area contributed by atoms with Crippen molar-refractivity contribution in [2.24, 2.45) is 0 Å². The minimum Gasteiger partial charge on any atom is -0.345 e. The van der Waals surface area contributed by atoms with Gasteiger partial charge in [-0.05, 0) is 10.8 Å². The molecule has 1 N–H and O–H groups in total. The first-order valence-corrected chi connectivity index (χ1v) is 6.64. The number of aromatic amines is 1. The summed E-state index contributed by atoms with van der Waals surface area (Å²) in [6.07, 6.45) is 4.83. The number of carbonyl (C=O) groups excluding carboxylic acids is 1. The fourth-order valence-corrected chi connectivity index (χ4v) is 2.62. The van der Waals surface area contributed by atoms with Gasteiger partial charge in [0.15, 0.2) is 5.78 Å². The summed E-state index contributed by atoms with van der Waals surface area (Å²) in [7, 11) is 0. The number of rotatable bonds is 2. The lowest BCUT2D eigenvalue weighted by atomic mass is 9.98. The Bertz CT molecular complexity index is 967. The lowest BCUT2D eigenvalue weighted by Crippen LogP contribution is -2.01.